The van der Waals surface area contributed by atoms with Gasteiger partial charge in [-0.25, -0.2) is 9.78 Å². The highest BCUT2D eigenvalue weighted by Crippen LogP contribution is 2.17. The number of nitrogens with two attached hydrogens (primary N) is 5. The van der Waals surface area contributed by atoms with Gasteiger partial charge in [-0.3, -0.25) is 105 Å². The number of aliphatic hydroxyl groups is 2. The predicted octanol–water partition coefficient (Wildman–Crippen LogP) is -11.1. The number of aliphatic carboxylic acids is 3. The number of H-pyrrole nitrogens is 1. The minimum Gasteiger partial charge on any atom is -0.508 e. The summed E-state index contributed by atoms with van der Waals surface area (Å²) in [5.74, 6) is -31.7. The number of amides is 20. The molecule has 52 nitrogen and oxygen atoms in total. The summed E-state index contributed by atoms with van der Waals surface area (Å²) >= 11 is 16.5. The van der Waals surface area contributed by atoms with E-state index >= 15 is 0 Å². The monoisotopic (exact) mass is 1990 g/mol. The van der Waals surface area contributed by atoms with Crippen molar-refractivity contribution < 1.29 is 141 Å². The van der Waals surface area contributed by atoms with Crippen LogP contribution in [0.1, 0.15) is 136 Å². The van der Waals surface area contributed by atoms with Crippen molar-refractivity contribution in [3.63, 3.8) is 0 Å². The maximum atomic E-state index is 14.5. The highest BCUT2D eigenvalue weighted by molar-refractivity contribution is 7.80. The number of nitrogens with one attached hydrogen (secondary N) is 17. The molecule has 0 radical (unpaired) electrons. The van der Waals surface area contributed by atoms with Gasteiger partial charge in [0.1, 0.15) is 102 Å². The second-order valence-electron chi connectivity index (χ2n) is 31.9. The number of carbonyl (C=O) groups is 23. The van der Waals surface area contributed by atoms with E-state index in [0.29, 0.717) is 0 Å². The molecule has 0 aliphatic rings. The van der Waals surface area contributed by atoms with E-state index in [4.69, 9.17) is 28.7 Å². The van der Waals surface area contributed by atoms with E-state index in [2.05, 4.69) is 140 Å². The number of hydrogen-bond donors (Lipinski definition) is 32. The van der Waals surface area contributed by atoms with Crippen molar-refractivity contribution in [2.24, 2.45) is 46.4 Å². The van der Waals surface area contributed by atoms with Crippen LogP contribution in [0.2, 0.25) is 0 Å². The number of thiol groups is 4. The number of phenols is 1. The first kappa shape index (κ1) is 118. The molecule has 33 N–H and O–H groups in total. The Labute approximate surface area is 795 Å². The molecule has 2 aromatic rings. The molecule has 0 saturated heterocycles. The summed E-state index contributed by atoms with van der Waals surface area (Å²) in [6, 6.07) is -24.7. The Bertz CT molecular complexity index is 4470. The van der Waals surface area contributed by atoms with Crippen molar-refractivity contribution >= 4 is 187 Å². The lowest BCUT2D eigenvalue weighted by molar-refractivity contribution is -0.143. The SMILES string of the molecule is CC[C@H](C)[C@H](NC(=O)[C@H](CO)NC(=O)[C@H](Cc1c[nH]cn1)NC(=O)[C@H](CS)NC(=O)[C@H](CS)NC(=O)[C@@H](N)CCC(N)=O)C(=O)N[C@@H](CS)C(=O)N[C@@H](CO)C(=O)N[C@@H](CC(C)C)C(=O)N[C@@H](CCC(=O)O)C(=O)N[C@@H](CCC(N)=O)C(=O)N[C@@H](CC(C)C)C(=O)N[C@@H](CCC(=O)O)C(=O)N[C@@H](CC(N)=O)C(=O)N[C@@H](Cc1ccc(O)cc1)C(=O)N[C@@H](CS)C(=O)N[C@@H](CC(N)=O)C(=O)O. The second kappa shape index (κ2) is 60.5. The van der Waals surface area contributed by atoms with Crippen molar-refractivity contribution in [2.75, 3.05) is 36.2 Å². The number of hydrogen-bond acceptors (Lipinski definition) is 32. The van der Waals surface area contributed by atoms with Crippen molar-refractivity contribution in [3.05, 3.63) is 48.0 Å². The molecule has 0 bridgehead atoms. The predicted molar refractivity (Wildman–Crippen MR) is 487 cm³/mol. The van der Waals surface area contributed by atoms with E-state index in [1.807, 2.05) is 5.32 Å². The largest absolute Gasteiger partial charge is 0.508 e. The number of aromatic amines is 1. The number of benzene rings is 1. The molecule has 0 saturated carbocycles. The average molecular weight is 1990 g/mol. The fourth-order valence-electron chi connectivity index (χ4n) is 12.4. The van der Waals surface area contributed by atoms with E-state index in [0.717, 1.165) is 0 Å². The van der Waals surface area contributed by atoms with Crippen molar-refractivity contribution in [3.8, 4) is 5.75 Å². The van der Waals surface area contributed by atoms with Crippen LogP contribution < -0.4 is 114 Å². The Morgan fingerprint density at radius 3 is 1.01 bits per heavy atom. The molecule has 0 aliphatic heterocycles. The summed E-state index contributed by atoms with van der Waals surface area (Å²) in [4.78, 5) is 315. The third-order valence-electron chi connectivity index (χ3n) is 19.9. The van der Waals surface area contributed by atoms with Gasteiger partial charge in [0.15, 0.2) is 0 Å². The van der Waals surface area contributed by atoms with Gasteiger partial charge >= 0.3 is 17.9 Å². The smallest absolute Gasteiger partial charge is 0.326 e. The Hall–Kier alpha value is -12.7. The molecule has 18 atom stereocenters. The van der Waals surface area contributed by atoms with Gasteiger partial charge in [0.05, 0.1) is 44.1 Å². The van der Waals surface area contributed by atoms with Gasteiger partial charge in [-0.15, -0.1) is 0 Å². The molecule has 1 aromatic heterocycles. The normalized spacial score (nSPS) is 15.1. The van der Waals surface area contributed by atoms with E-state index in [1.54, 1.807) is 34.6 Å². The minimum absolute atomic E-state index is 0.148. The third kappa shape index (κ3) is 43.9. The van der Waals surface area contributed by atoms with E-state index < -0.39 is 345 Å². The van der Waals surface area contributed by atoms with E-state index in [1.165, 1.54) is 43.7 Å². The Balaban J connectivity index is 2.48. The maximum Gasteiger partial charge on any atom is 0.326 e. The maximum absolute atomic E-state index is 14.5. The molecule has 2 rings (SSSR count). The van der Waals surface area contributed by atoms with Crippen LogP contribution in [0.5, 0.6) is 5.75 Å². The number of aliphatic hydroxyl groups excluding tert-OH is 2. The number of carbonyl (C=O) groups excluding carboxylic acids is 20. The van der Waals surface area contributed by atoms with Gasteiger partial charge in [0.2, 0.25) is 118 Å². The summed E-state index contributed by atoms with van der Waals surface area (Å²) < 4.78 is 0. The molecule has 135 heavy (non-hydrogen) atoms. The van der Waals surface area contributed by atoms with Crippen LogP contribution in [0.25, 0.3) is 0 Å². The summed E-state index contributed by atoms with van der Waals surface area (Å²) in [7, 11) is 0. The van der Waals surface area contributed by atoms with Crippen molar-refractivity contribution in [1.29, 1.82) is 0 Å². The number of primary amides is 4. The number of carboxylic acid groups (broad SMARTS) is 3. The zero-order valence-corrected chi connectivity index (χ0v) is 78.1. The lowest BCUT2D eigenvalue weighted by atomic mass is 9.97. The summed E-state index contributed by atoms with van der Waals surface area (Å²) in [6.45, 7) is 7.03. The first-order chi connectivity index (χ1) is 63.3. The van der Waals surface area contributed by atoms with Gasteiger partial charge in [0.25, 0.3) is 0 Å². The fourth-order valence-corrected chi connectivity index (χ4v) is 13.4. The fraction of sp³-hybridized carbons (Fsp3) is 0.595. The topological polar surface area (TPSA) is 865 Å². The highest BCUT2D eigenvalue weighted by atomic mass is 32.1. The van der Waals surface area contributed by atoms with Gasteiger partial charge in [-0.2, -0.15) is 50.5 Å². The van der Waals surface area contributed by atoms with Gasteiger partial charge in [-0.05, 0) is 74.0 Å². The number of rotatable bonds is 65. The standard InChI is InChI=1S/C79H123N23O29S4/c1-7-36(6)62(102-73(124)51(28-104)96-70(121)47(23-38-26-85-33-86-38)93-74(125)53(30-133)100-77(128)52(29-132)98-63(114)40(80)12-16-56(81)106)78(129)101-55(32-135)76(127)97-50(27-103)72(123)91-45(21-35(4)5)68(119)88-42(14-18-60(110)111)64(115)87-41(13-17-57(82)107)65(116)90-44(20-34(2)3)67(118)89-43(15-19-61(112)113)66(117)94-48(24-58(83)108)71(122)92-46(22-37-8-10-39(105)11-9-37)69(120)99-54(31-134)75(126)95-49(79(130)131)25-59(84)109/h8-11,26,33-36,40-55,62,103-105,132-135H,7,12-25,27-32,80H2,1-6H3,(H2,81,106)(H2,82,107)(H2,83,108)(H2,84,109)(H,85,86)(H,87,115)(H,88,119)(H,89,118)(H,90,116)(H,91,123)(H,92,122)(H,93,125)(H,94,117)(H,95,126)(H,96,121)(H,97,127)(H,98,114)(H,99,120)(H,100,128)(H,101,129)(H,102,124)(H,110,111)(H,112,113)(H,130,131)/t36-,40-,41-,42-,43-,44-,45-,46-,47-,48-,49-,50-,51-,52-,53-,54-,55-,62-/m0/s1. The van der Waals surface area contributed by atoms with E-state index in [-0.39, 0.29) is 61.3 Å². The lowest BCUT2D eigenvalue weighted by Gasteiger charge is -2.29. The Morgan fingerprint density at radius 2 is 0.652 bits per heavy atom. The summed E-state index contributed by atoms with van der Waals surface area (Å²) in [5.41, 5.74) is 27.5. The third-order valence-corrected chi connectivity index (χ3v) is 21.4. The van der Waals surface area contributed by atoms with Crippen LogP contribution in [-0.2, 0) is 123 Å². The first-order valence-electron chi connectivity index (χ1n) is 42.2. The molecule has 1 aromatic carbocycles. The molecule has 0 aliphatic carbocycles. The molecule has 0 unspecified atom stereocenters. The molecule has 1 heterocycles. The average Bonchev–Trinajstić information content (AvgIpc) is 1.32. The molecular formula is C79H123N23O29S4. The second-order valence-corrected chi connectivity index (χ2v) is 33.4. The van der Waals surface area contributed by atoms with Gasteiger partial charge in [0, 0.05) is 67.7 Å². The van der Waals surface area contributed by atoms with Gasteiger partial charge < -0.3 is 149 Å². The summed E-state index contributed by atoms with van der Waals surface area (Å²) in [6.07, 6.45) is -5.75. The van der Waals surface area contributed by atoms with Crippen LogP contribution in [0, 0.1) is 17.8 Å². The number of nitrogens with zero attached hydrogens (tertiary/aromatic N) is 1. The summed E-state index contributed by atoms with van der Waals surface area (Å²) in [5, 5.41) is 97.2. The van der Waals surface area contributed by atoms with Crippen LogP contribution >= 0.6 is 50.5 Å². The molecule has 752 valence electrons. The minimum atomic E-state index is -2.08. The zero-order chi connectivity index (χ0) is 102. The van der Waals surface area contributed by atoms with Crippen molar-refractivity contribution in [1.82, 2.24) is 95.0 Å². The number of carboxylic acids is 3. The van der Waals surface area contributed by atoms with Crippen LogP contribution in [0.4, 0.5) is 0 Å². The molecule has 56 heteroatoms. The highest BCUT2D eigenvalue weighted by Gasteiger charge is 2.41. The van der Waals surface area contributed by atoms with Crippen molar-refractivity contribution in [2.45, 2.75) is 241 Å². The van der Waals surface area contributed by atoms with Crippen LogP contribution in [-0.4, -0.2) is 316 Å². The first-order valence-corrected chi connectivity index (χ1v) is 44.7. The number of aromatic hydroxyl groups is 1. The molecule has 0 spiro atoms. The van der Waals surface area contributed by atoms with Crippen LogP contribution in [0.15, 0.2) is 36.8 Å². The quantitative estimate of drug-likeness (QED) is 0.0274. The van der Waals surface area contributed by atoms with E-state index in [9.17, 15) is 141 Å². The Kier molecular flexibility index (Phi) is 53.1. The number of imidazole rings is 1. The molecular weight excluding hydrogens is 1860 g/mol. The Morgan fingerprint density at radius 1 is 0.356 bits per heavy atom. The number of aromatic nitrogens is 2. The number of phenolic OH excluding ortho intramolecular Hbond substituents is 1. The van der Waals surface area contributed by atoms with Gasteiger partial charge in [-0.1, -0.05) is 60.1 Å². The molecule has 0 fully saturated rings. The van der Waals surface area contributed by atoms with Crippen LogP contribution in [0.3, 0.4) is 0 Å². The zero-order valence-electron chi connectivity index (χ0n) is 74.6. The molecule has 20 amide bonds. The lowest BCUT2D eigenvalue weighted by Crippen LogP contribution is -2.62.